The molecule has 7 heteroatoms. The molecule has 3 rings (SSSR count). The van der Waals surface area contributed by atoms with E-state index in [-0.39, 0.29) is 23.0 Å². The average Bonchev–Trinajstić information content (AvgIpc) is 2.67. The third-order valence-electron chi connectivity index (χ3n) is 4.96. The number of morpholine rings is 1. The molecule has 0 aromatic heterocycles. The molecule has 1 N–H and O–H groups in total. The highest BCUT2D eigenvalue weighted by Gasteiger charge is 2.32. The van der Waals surface area contributed by atoms with Gasteiger partial charge in [0, 0.05) is 24.3 Å². The second-order valence-corrected chi connectivity index (χ2v) is 9.78. The lowest BCUT2D eigenvalue weighted by atomic mass is 10.0. The first-order chi connectivity index (χ1) is 13.7. The van der Waals surface area contributed by atoms with Crippen molar-refractivity contribution in [3.05, 3.63) is 59.7 Å². The van der Waals surface area contributed by atoms with Gasteiger partial charge in [-0.05, 0) is 55.7 Å². The Hall–Kier alpha value is -2.22. The van der Waals surface area contributed by atoms with Crippen molar-refractivity contribution in [2.75, 3.05) is 18.4 Å². The summed E-state index contributed by atoms with van der Waals surface area (Å²) in [6.45, 7) is 8.51. The second kappa shape index (κ2) is 8.65. The van der Waals surface area contributed by atoms with Crippen LogP contribution in [-0.2, 0) is 14.8 Å². The first kappa shape index (κ1) is 21.5. The number of anilines is 1. The molecule has 1 fully saturated rings. The number of amides is 1. The molecule has 0 aliphatic carbocycles. The number of benzene rings is 2. The fraction of sp³-hybridized carbons (Fsp3) is 0.409. The van der Waals surface area contributed by atoms with E-state index in [1.807, 2.05) is 38.1 Å². The number of hydrogen-bond donors (Lipinski definition) is 1. The molecule has 1 heterocycles. The van der Waals surface area contributed by atoms with Gasteiger partial charge in [0.1, 0.15) is 0 Å². The lowest BCUT2D eigenvalue weighted by Crippen LogP contribution is -2.48. The summed E-state index contributed by atoms with van der Waals surface area (Å²) >= 11 is 0. The average molecular weight is 417 g/mol. The molecule has 156 valence electrons. The fourth-order valence-electron chi connectivity index (χ4n) is 3.43. The third-order valence-corrected chi connectivity index (χ3v) is 6.78. The van der Waals surface area contributed by atoms with Crippen LogP contribution >= 0.6 is 0 Å². The zero-order chi connectivity index (χ0) is 21.2. The number of carbonyl (C=O) groups excluding carboxylic acids is 1. The van der Waals surface area contributed by atoms with Gasteiger partial charge in [-0.3, -0.25) is 4.79 Å². The Morgan fingerprint density at radius 1 is 1.07 bits per heavy atom. The summed E-state index contributed by atoms with van der Waals surface area (Å²) in [6.07, 6.45) is -0.345. The van der Waals surface area contributed by atoms with Gasteiger partial charge in [0.25, 0.3) is 5.91 Å². The SMILES string of the molecule is CC1CN(S(=O)(=O)c2cccc(C(=O)Nc3ccc(C(C)C)cc3)c2)CC(C)O1. The van der Waals surface area contributed by atoms with Gasteiger partial charge in [0.05, 0.1) is 17.1 Å². The standard InChI is InChI=1S/C22H28N2O4S/c1-15(2)18-8-10-20(11-9-18)23-22(25)19-6-5-7-21(12-19)29(26,27)24-13-16(3)28-17(4)14-24/h5-12,15-17H,13-14H2,1-4H3,(H,23,25). The van der Waals surface area contributed by atoms with Gasteiger partial charge in [-0.2, -0.15) is 4.31 Å². The normalized spacial score (nSPS) is 20.6. The first-order valence-electron chi connectivity index (χ1n) is 9.84. The summed E-state index contributed by atoms with van der Waals surface area (Å²) in [5.74, 6) is 0.0651. The quantitative estimate of drug-likeness (QED) is 0.803. The molecule has 2 aromatic rings. The van der Waals surface area contributed by atoms with E-state index < -0.39 is 10.0 Å². The molecule has 2 aromatic carbocycles. The molecular weight excluding hydrogens is 388 g/mol. The topological polar surface area (TPSA) is 75.7 Å². The maximum absolute atomic E-state index is 13.1. The lowest BCUT2D eigenvalue weighted by molar-refractivity contribution is -0.0440. The van der Waals surface area contributed by atoms with Gasteiger partial charge in [0.15, 0.2) is 0 Å². The lowest BCUT2D eigenvalue weighted by Gasteiger charge is -2.34. The van der Waals surface area contributed by atoms with Crippen LogP contribution in [0.2, 0.25) is 0 Å². The van der Waals surface area contributed by atoms with E-state index in [1.54, 1.807) is 12.1 Å². The molecule has 1 aliphatic rings. The Bertz CT molecular complexity index is 961. The fourth-order valence-corrected chi connectivity index (χ4v) is 5.07. The third kappa shape index (κ3) is 5.04. The van der Waals surface area contributed by atoms with Crippen LogP contribution in [0, 0.1) is 0 Å². The van der Waals surface area contributed by atoms with Gasteiger partial charge >= 0.3 is 0 Å². The summed E-state index contributed by atoms with van der Waals surface area (Å²) in [5, 5.41) is 2.83. The number of rotatable bonds is 5. The van der Waals surface area contributed by atoms with Crippen molar-refractivity contribution in [2.45, 2.75) is 50.7 Å². The molecule has 0 spiro atoms. The molecule has 1 amide bonds. The van der Waals surface area contributed by atoms with Crippen LogP contribution in [-0.4, -0.2) is 43.9 Å². The molecule has 6 nitrogen and oxygen atoms in total. The molecule has 0 radical (unpaired) electrons. The van der Waals surface area contributed by atoms with E-state index in [0.717, 1.165) is 0 Å². The number of nitrogens with one attached hydrogen (secondary N) is 1. The van der Waals surface area contributed by atoms with Crippen molar-refractivity contribution < 1.29 is 17.9 Å². The Kier molecular flexibility index (Phi) is 6.41. The monoisotopic (exact) mass is 416 g/mol. The summed E-state index contributed by atoms with van der Waals surface area (Å²) < 4.78 is 33.2. The van der Waals surface area contributed by atoms with E-state index in [1.165, 1.54) is 22.0 Å². The maximum Gasteiger partial charge on any atom is 0.255 e. The number of nitrogens with zero attached hydrogens (tertiary/aromatic N) is 1. The molecular formula is C22H28N2O4S. The molecule has 0 saturated carbocycles. The highest BCUT2D eigenvalue weighted by molar-refractivity contribution is 7.89. The summed E-state index contributed by atoms with van der Waals surface area (Å²) in [7, 11) is -3.70. The Morgan fingerprint density at radius 2 is 1.69 bits per heavy atom. The smallest absolute Gasteiger partial charge is 0.255 e. The summed E-state index contributed by atoms with van der Waals surface area (Å²) in [4.78, 5) is 12.8. The molecule has 0 bridgehead atoms. The van der Waals surface area contributed by atoms with Gasteiger partial charge < -0.3 is 10.1 Å². The van der Waals surface area contributed by atoms with Crippen LogP contribution in [0.3, 0.4) is 0 Å². The Morgan fingerprint density at radius 3 is 2.28 bits per heavy atom. The minimum absolute atomic E-state index is 0.113. The second-order valence-electron chi connectivity index (χ2n) is 7.84. The largest absolute Gasteiger partial charge is 0.373 e. The first-order valence-corrected chi connectivity index (χ1v) is 11.3. The summed E-state index contributed by atoms with van der Waals surface area (Å²) in [5.41, 5.74) is 2.15. The molecule has 1 aliphatic heterocycles. The number of carbonyl (C=O) groups is 1. The molecule has 2 unspecified atom stereocenters. The zero-order valence-corrected chi connectivity index (χ0v) is 18.1. The van der Waals surface area contributed by atoms with Gasteiger partial charge in [-0.1, -0.05) is 32.0 Å². The van der Waals surface area contributed by atoms with Gasteiger partial charge in [0.2, 0.25) is 10.0 Å². The van der Waals surface area contributed by atoms with E-state index in [2.05, 4.69) is 19.2 Å². The van der Waals surface area contributed by atoms with Crippen LogP contribution in [0.25, 0.3) is 0 Å². The van der Waals surface area contributed by atoms with Crippen molar-refractivity contribution >= 4 is 21.6 Å². The van der Waals surface area contributed by atoms with Crippen molar-refractivity contribution in [1.29, 1.82) is 0 Å². The Balaban J connectivity index is 1.78. The van der Waals surface area contributed by atoms with Crippen molar-refractivity contribution in [2.24, 2.45) is 0 Å². The van der Waals surface area contributed by atoms with E-state index in [0.29, 0.717) is 30.3 Å². The summed E-state index contributed by atoms with van der Waals surface area (Å²) in [6, 6.07) is 13.8. The number of hydrogen-bond acceptors (Lipinski definition) is 4. The Labute approximate surface area is 172 Å². The van der Waals surface area contributed by atoms with E-state index in [9.17, 15) is 13.2 Å². The van der Waals surface area contributed by atoms with Crippen LogP contribution in [0.5, 0.6) is 0 Å². The highest BCUT2D eigenvalue weighted by Crippen LogP contribution is 2.23. The number of ether oxygens (including phenoxy) is 1. The van der Waals surface area contributed by atoms with Crippen LogP contribution in [0.15, 0.2) is 53.4 Å². The van der Waals surface area contributed by atoms with E-state index in [4.69, 9.17) is 4.74 Å². The minimum Gasteiger partial charge on any atom is -0.373 e. The van der Waals surface area contributed by atoms with Gasteiger partial charge in [-0.15, -0.1) is 0 Å². The van der Waals surface area contributed by atoms with Crippen molar-refractivity contribution in [1.82, 2.24) is 4.31 Å². The molecule has 2 atom stereocenters. The van der Waals surface area contributed by atoms with E-state index >= 15 is 0 Å². The van der Waals surface area contributed by atoms with Crippen LogP contribution in [0.1, 0.15) is 49.5 Å². The predicted octanol–water partition coefficient (Wildman–Crippen LogP) is 3.86. The van der Waals surface area contributed by atoms with Crippen LogP contribution in [0.4, 0.5) is 5.69 Å². The maximum atomic E-state index is 13.1. The van der Waals surface area contributed by atoms with Gasteiger partial charge in [-0.25, -0.2) is 8.42 Å². The number of sulfonamides is 1. The van der Waals surface area contributed by atoms with Crippen molar-refractivity contribution in [3.63, 3.8) is 0 Å². The molecule has 29 heavy (non-hydrogen) atoms. The predicted molar refractivity (Wildman–Crippen MR) is 114 cm³/mol. The molecule has 1 saturated heterocycles. The minimum atomic E-state index is -3.70. The van der Waals surface area contributed by atoms with Crippen LogP contribution < -0.4 is 5.32 Å². The van der Waals surface area contributed by atoms with Crippen molar-refractivity contribution in [3.8, 4) is 0 Å². The highest BCUT2D eigenvalue weighted by atomic mass is 32.2. The zero-order valence-electron chi connectivity index (χ0n) is 17.3.